The summed E-state index contributed by atoms with van der Waals surface area (Å²) in [6.07, 6.45) is 19.8. The van der Waals surface area contributed by atoms with E-state index in [1.54, 1.807) is 0 Å². The van der Waals surface area contributed by atoms with Gasteiger partial charge < -0.3 is 16.6 Å². The Bertz CT molecular complexity index is 609. The zero-order chi connectivity index (χ0) is 22.5. The first-order chi connectivity index (χ1) is 14.9. The number of aliphatic imine (C=N–C) groups is 1. The highest BCUT2D eigenvalue weighted by Gasteiger charge is 2.46. The van der Waals surface area contributed by atoms with E-state index in [-0.39, 0.29) is 5.96 Å². The lowest BCUT2D eigenvalue weighted by atomic mass is 10.0. The second-order valence-electron chi connectivity index (χ2n) is 9.84. The third-order valence-electron chi connectivity index (χ3n) is 6.58. The first-order valence-electron chi connectivity index (χ1n) is 12.8. The van der Waals surface area contributed by atoms with E-state index in [0.29, 0.717) is 6.54 Å². The highest BCUT2D eigenvalue weighted by atomic mass is 16.3. The summed E-state index contributed by atoms with van der Waals surface area (Å²) < 4.78 is 2.44. The van der Waals surface area contributed by atoms with Gasteiger partial charge in [-0.15, -0.1) is 0 Å². The second-order valence-corrected chi connectivity index (χ2v) is 9.84. The van der Waals surface area contributed by atoms with Crippen molar-refractivity contribution in [3.63, 3.8) is 0 Å². The molecule has 2 rings (SSSR count). The van der Waals surface area contributed by atoms with Crippen LogP contribution in [0.15, 0.2) is 17.1 Å². The van der Waals surface area contributed by atoms with Crippen LogP contribution in [0.1, 0.15) is 97.3 Å². The molecule has 1 atom stereocenters. The Morgan fingerprint density at radius 1 is 1.06 bits per heavy atom. The zero-order valence-electron chi connectivity index (χ0n) is 20.2. The Morgan fingerprint density at radius 2 is 1.74 bits per heavy atom. The van der Waals surface area contributed by atoms with E-state index in [1.807, 2.05) is 6.08 Å². The van der Waals surface area contributed by atoms with Crippen LogP contribution in [0, 0.1) is 5.92 Å². The summed E-state index contributed by atoms with van der Waals surface area (Å²) in [5.74, 6) is 2.23. The van der Waals surface area contributed by atoms with Crippen molar-refractivity contribution < 1.29 is 9.68 Å². The van der Waals surface area contributed by atoms with Gasteiger partial charge in [-0.05, 0) is 37.7 Å². The number of fused-ring (bicyclic) bond motifs is 1. The number of aliphatic hydroxyl groups is 1. The van der Waals surface area contributed by atoms with Crippen LogP contribution in [0.2, 0.25) is 0 Å². The minimum absolute atomic E-state index is 0.180. The fourth-order valence-corrected chi connectivity index (χ4v) is 4.77. The van der Waals surface area contributed by atoms with Gasteiger partial charge in [0.15, 0.2) is 5.96 Å². The molecule has 0 saturated heterocycles. The Labute approximate surface area is 190 Å². The van der Waals surface area contributed by atoms with Crippen LogP contribution in [0.25, 0.3) is 0 Å². The summed E-state index contributed by atoms with van der Waals surface area (Å²) in [4.78, 5) is 6.29. The quantitative estimate of drug-likeness (QED) is 0.148. The fourth-order valence-electron chi connectivity index (χ4n) is 4.77. The smallest absolute Gasteiger partial charge is 0.274 e. The van der Waals surface area contributed by atoms with Crippen molar-refractivity contribution in [2.24, 2.45) is 22.4 Å². The van der Waals surface area contributed by atoms with E-state index in [0.717, 1.165) is 64.1 Å². The molecule has 6 nitrogen and oxygen atoms in total. The molecule has 1 unspecified atom stereocenters. The summed E-state index contributed by atoms with van der Waals surface area (Å²) in [6, 6.07) is 0. The second kappa shape index (κ2) is 13.8. The molecule has 5 N–H and O–H groups in total. The van der Waals surface area contributed by atoms with Gasteiger partial charge in [-0.3, -0.25) is 9.57 Å². The van der Waals surface area contributed by atoms with Gasteiger partial charge in [0.25, 0.3) is 5.84 Å². The highest BCUT2D eigenvalue weighted by molar-refractivity contribution is 5.92. The van der Waals surface area contributed by atoms with Gasteiger partial charge in [0.1, 0.15) is 0 Å². The molecule has 0 bridgehead atoms. The van der Waals surface area contributed by atoms with Gasteiger partial charge in [0.05, 0.1) is 19.6 Å². The first kappa shape index (κ1) is 25.7. The van der Waals surface area contributed by atoms with Crippen molar-refractivity contribution in [1.29, 1.82) is 0 Å². The maximum absolute atomic E-state index is 11.3. The lowest BCUT2D eigenvalue weighted by Gasteiger charge is -2.32. The predicted octanol–water partition coefficient (Wildman–Crippen LogP) is 3.97. The molecule has 6 heteroatoms. The van der Waals surface area contributed by atoms with Crippen molar-refractivity contribution in [3.8, 4) is 0 Å². The summed E-state index contributed by atoms with van der Waals surface area (Å²) in [7, 11) is 0. The standard InChI is InChI=1S/C25H48N5O/c1-22(2)14-9-6-4-3-5-7-10-16-25(31)17-15-23-29(20-13-21-30(23)25)19-12-8-11-18-28-24(26)27/h15,17,22,31H,3-14,16,18-21H2,1-2H3,(H4,26,27,28)/q+1. The highest BCUT2D eigenvalue weighted by Crippen LogP contribution is 2.30. The summed E-state index contributed by atoms with van der Waals surface area (Å²) in [6.45, 7) is 8.40. The van der Waals surface area contributed by atoms with Crippen molar-refractivity contribution in [1.82, 2.24) is 4.90 Å². The van der Waals surface area contributed by atoms with Crippen LogP contribution in [0.3, 0.4) is 0 Å². The number of nitrogens with two attached hydrogens (primary N) is 2. The minimum Gasteiger partial charge on any atom is -0.370 e. The van der Waals surface area contributed by atoms with Gasteiger partial charge >= 0.3 is 0 Å². The molecule has 0 aromatic carbocycles. The maximum atomic E-state index is 11.3. The van der Waals surface area contributed by atoms with Crippen molar-refractivity contribution in [3.05, 3.63) is 12.2 Å². The van der Waals surface area contributed by atoms with Gasteiger partial charge in [-0.25, -0.2) is 4.90 Å². The molecule has 2 aliphatic heterocycles. The first-order valence-corrected chi connectivity index (χ1v) is 12.8. The third kappa shape index (κ3) is 9.22. The van der Waals surface area contributed by atoms with Gasteiger partial charge in [0, 0.05) is 25.5 Å². The molecule has 0 saturated carbocycles. The number of hydrogen-bond donors (Lipinski definition) is 3. The number of guanidine groups is 1. The van der Waals surface area contributed by atoms with Crippen molar-refractivity contribution in [2.45, 2.75) is 103 Å². The molecule has 2 heterocycles. The average Bonchev–Trinajstić information content (AvgIpc) is 3.06. The largest absolute Gasteiger partial charge is 0.370 e. The monoisotopic (exact) mass is 434 g/mol. The summed E-state index contributed by atoms with van der Waals surface area (Å²) >= 11 is 0. The fraction of sp³-hybridized carbons (Fsp3) is 0.840. The molecule has 0 fully saturated rings. The van der Waals surface area contributed by atoms with Crippen LogP contribution in [-0.4, -0.2) is 58.3 Å². The van der Waals surface area contributed by atoms with E-state index in [4.69, 9.17) is 11.5 Å². The Morgan fingerprint density at radius 3 is 2.45 bits per heavy atom. The molecule has 0 radical (unpaired) electrons. The Kier molecular flexibility index (Phi) is 11.4. The number of nitrogens with zero attached hydrogens (tertiary/aromatic N) is 3. The molecular weight excluding hydrogens is 386 g/mol. The van der Waals surface area contributed by atoms with E-state index in [1.165, 1.54) is 50.8 Å². The number of rotatable bonds is 16. The Balaban J connectivity index is 1.66. The lowest BCUT2D eigenvalue weighted by Crippen LogP contribution is -2.52. The van der Waals surface area contributed by atoms with E-state index in [2.05, 4.69) is 34.4 Å². The van der Waals surface area contributed by atoms with E-state index >= 15 is 0 Å². The zero-order valence-corrected chi connectivity index (χ0v) is 20.2. The number of amidine groups is 1. The lowest BCUT2D eigenvalue weighted by molar-refractivity contribution is -0.539. The summed E-state index contributed by atoms with van der Waals surface area (Å²) in [5.41, 5.74) is 9.97. The van der Waals surface area contributed by atoms with Crippen LogP contribution in [0.4, 0.5) is 0 Å². The van der Waals surface area contributed by atoms with Crippen molar-refractivity contribution in [2.75, 3.05) is 26.2 Å². The summed E-state index contributed by atoms with van der Waals surface area (Å²) in [5, 5.41) is 11.3. The molecule has 0 aromatic heterocycles. The molecule has 0 amide bonds. The SMILES string of the molecule is CC(C)CCCCCCCCCC1(O)C=CC2=[N+](CCCCCN=C(N)N)CCCN21. The van der Waals surface area contributed by atoms with Crippen LogP contribution in [0.5, 0.6) is 0 Å². The number of unbranched alkanes of at least 4 members (excludes halogenated alkanes) is 8. The van der Waals surface area contributed by atoms with Gasteiger partial charge in [-0.1, -0.05) is 58.8 Å². The van der Waals surface area contributed by atoms with Gasteiger partial charge in [0.2, 0.25) is 5.72 Å². The average molecular weight is 435 g/mol. The van der Waals surface area contributed by atoms with Crippen LogP contribution in [-0.2, 0) is 0 Å². The third-order valence-corrected chi connectivity index (χ3v) is 6.58. The van der Waals surface area contributed by atoms with Crippen LogP contribution >= 0.6 is 0 Å². The molecular formula is C25H48N5O+. The minimum atomic E-state index is -0.779. The molecule has 178 valence electrons. The normalized spacial score (nSPS) is 20.6. The maximum Gasteiger partial charge on any atom is 0.274 e. The Hall–Kier alpha value is -1.56. The topological polar surface area (TPSA) is 90.9 Å². The number of hydrogen-bond acceptors (Lipinski definition) is 3. The molecule has 0 spiro atoms. The molecule has 2 aliphatic rings. The predicted molar refractivity (Wildman–Crippen MR) is 131 cm³/mol. The van der Waals surface area contributed by atoms with Crippen LogP contribution < -0.4 is 11.5 Å². The van der Waals surface area contributed by atoms with E-state index in [9.17, 15) is 5.11 Å². The van der Waals surface area contributed by atoms with Gasteiger partial charge in [-0.2, -0.15) is 0 Å². The molecule has 31 heavy (non-hydrogen) atoms. The molecule has 0 aromatic rings. The molecule has 0 aliphatic carbocycles. The van der Waals surface area contributed by atoms with Crippen molar-refractivity contribution >= 4 is 11.8 Å². The van der Waals surface area contributed by atoms with E-state index < -0.39 is 5.72 Å².